The fourth-order valence-corrected chi connectivity index (χ4v) is 1.20. The quantitative estimate of drug-likeness (QED) is 0.543. The minimum absolute atomic E-state index is 0.136. The Morgan fingerprint density at radius 2 is 1.64 bits per heavy atom. The summed E-state index contributed by atoms with van der Waals surface area (Å²) in [6.07, 6.45) is -2.96. The fourth-order valence-electron chi connectivity index (χ4n) is 1.20. The van der Waals surface area contributed by atoms with Crippen LogP contribution in [0.2, 0.25) is 0 Å². The van der Waals surface area contributed by atoms with Crippen LogP contribution in [0.3, 0.4) is 0 Å². The lowest BCUT2D eigenvalue weighted by Crippen LogP contribution is -2.27. The van der Waals surface area contributed by atoms with Gasteiger partial charge in [-0.1, -0.05) is 0 Å². The van der Waals surface area contributed by atoms with Crippen molar-refractivity contribution in [2.24, 2.45) is 5.92 Å². The zero-order valence-corrected chi connectivity index (χ0v) is 5.85. The van der Waals surface area contributed by atoms with Crippen LogP contribution in [0.15, 0.2) is 0 Å². The Labute approximate surface area is 62.6 Å². The van der Waals surface area contributed by atoms with E-state index in [2.05, 4.69) is 0 Å². The molecule has 1 rings (SSSR count). The van der Waals surface area contributed by atoms with Crippen molar-refractivity contribution in [1.82, 2.24) is 0 Å². The lowest BCUT2D eigenvalue weighted by molar-refractivity contribution is -0.133. The van der Waals surface area contributed by atoms with Gasteiger partial charge in [0.25, 0.3) is 0 Å². The second-order valence-electron chi connectivity index (χ2n) is 2.76. The van der Waals surface area contributed by atoms with Crippen LogP contribution in [0.1, 0.15) is 19.3 Å². The predicted octanol–water partition coefficient (Wildman–Crippen LogP) is 1.19. The Morgan fingerprint density at radius 1 is 1.18 bits per heavy atom. The lowest BCUT2D eigenvalue weighted by atomic mass is 9.88. The Kier molecular flexibility index (Phi) is 2.31. The highest BCUT2D eigenvalue weighted by molar-refractivity contribution is 6.01. The van der Waals surface area contributed by atoms with Crippen LogP contribution < -0.4 is 0 Å². The van der Waals surface area contributed by atoms with Gasteiger partial charge in [-0.15, -0.1) is 0 Å². The summed E-state index contributed by atoms with van der Waals surface area (Å²) in [4.78, 5) is 21.3. The molecule has 0 unspecified atom stereocenters. The minimum Gasteiger partial charge on any atom is -0.299 e. The highest BCUT2D eigenvalue weighted by Crippen LogP contribution is 2.24. The highest BCUT2D eigenvalue weighted by atomic mass is 19.3. The zero-order chi connectivity index (χ0) is 8.43. The molecule has 0 heterocycles. The van der Waals surface area contributed by atoms with Gasteiger partial charge in [0, 0.05) is 18.8 Å². The Balaban J connectivity index is 2.56. The molecule has 11 heavy (non-hydrogen) atoms. The molecule has 0 atom stereocenters. The molecule has 2 nitrogen and oxygen atoms in total. The van der Waals surface area contributed by atoms with Crippen LogP contribution in [0.4, 0.5) is 8.78 Å². The summed E-state index contributed by atoms with van der Waals surface area (Å²) in [5.74, 6) is -1.73. The van der Waals surface area contributed by atoms with Gasteiger partial charge in [-0.05, 0) is 0 Å². The van der Waals surface area contributed by atoms with Crippen molar-refractivity contribution in [2.75, 3.05) is 0 Å². The molecule has 0 bridgehead atoms. The van der Waals surface area contributed by atoms with Crippen molar-refractivity contribution in [1.29, 1.82) is 0 Å². The van der Waals surface area contributed by atoms with Crippen molar-refractivity contribution >= 4 is 11.6 Å². The van der Waals surface area contributed by atoms with Gasteiger partial charge in [0.15, 0.2) is 0 Å². The minimum atomic E-state index is -2.54. The molecule has 1 saturated carbocycles. The maximum Gasteiger partial charge on any atom is 0.242 e. The maximum absolute atomic E-state index is 12.0. The molecule has 0 aliphatic heterocycles. The first-order chi connectivity index (χ1) is 5.09. The smallest absolute Gasteiger partial charge is 0.242 e. The van der Waals surface area contributed by atoms with Gasteiger partial charge in [-0.3, -0.25) is 9.59 Å². The molecule has 1 fully saturated rings. The molecule has 0 amide bonds. The van der Waals surface area contributed by atoms with E-state index < -0.39 is 12.3 Å². The molecule has 0 aromatic carbocycles. The summed E-state index contributed by atoms with van der Waals surface area (Å²) >= 11 is 0. The third-order valence-corrected chi connectivity index (χ3v) is 1.73. The number of hydrogen-bond acceptors (Lipinski definition) is 2. The number of rotatable bonds is 1. The van der Waals surface area contributed by atoms with E-state index in [4.69, 9.17) is 0 Å². The third-order valence-electron chi connectivity index (χ3n) is 1.73. The van der Waals surface area contributed by atoms with Gasteiger partial charge in [-0.25, -0.2) is 8.78 Å². The highest BCUT2D eigenvalue weighted by Gasteiger charge is 2.31. The van der Waals surface area contributed by atoms with E-state index in [0.29, 0.717) is 0 Å². The Morgan fingerprint density at radius 3 is 2.00 bits per heavy atom. The standard InChI is InChI=1S/C7H8F2O2/c8-7(9)4-1-5(10)3-6(11)2-4/h4,7H,1-3H2. The van der Waals surface area contributed by atoms with Crippen LogP contribution in [0.25, 0.3) is 0 Å². The van der Waals surface area contributed by atoms with Gasteiger partial charge in [-0.2, -0.15) is 0 Å². The van der Waals surface area contributed by atoms with Crippen molar-refractivity contribution in [3.05, 3.63) is 0 Å². The number of alkyl halides is 2. The molecule has 1 aliphatic rings. The largest absolute Gasteiger partial charge is 0.299 e. The number of hydrogen-bond donors (Lipinski definition) is 0. The van der Waals surface area contributed by atoms with Crippen molar-refractivity contribution in [3.8, 4) is 0 Å². The van der Waals surface area contributed by atoms with Crippen molar-refractivity contribution in [3.63, 3.8) is 0 Å². The summed E-state index contributed by atoms with van der Waals surface area (Å²) in [7, 11) is 0. The summed E-state index contributed by atoms with van der Waals surface area (Å²) < 4.78 is 23.9. The van der Waals surface area contributed by atoms with E-state index in [0.717, 1.165) is 0 Å². The Hall–Kier alpha value is -0.800. The Bertz CT molecular complexity index is 173. The third kappa shape index (κ3) is 2.06. The molecule has 0 spiro atoms. The second-order valence-corrected chi connectivity index (χ2v) is 2.76. The molecule has 1 aliphatic carbocycles. The molecule has 0 aromatic rings. The topological polar surface area (TPSA) is 34.1 Å². The summed E-state index contributed by atoms with van der Waals surface area (Å²) in [6, 6.07) is 0. The normalized spacial score (nSPS) is 21.4. The van der Waals surface area contributed by atoms with Crippen LogP contribution >= 0.6 is 0 Å². The van der Waals surface area contributed by atoms with E-state index in [1.54, 1.807) is 0 Å². The van der Waals surface area contributed by atoms with E-state index in [9.17, 15) is 18.4 Å². The monoisotopic (exact) mass is 162 g/mol. The molecule has 62 valence electrons. The molecular weight excluding hydrogens is 154 g/mol. The van der Waals surface area contributed by atoms with Gasteiger partial charge in [0.05, 0.1) is 6.42 Å². The first-order valence-electron chi connectivity index (χ1n) is 3.41. The van der Waals surface area contributed by atoms with Crippen molar-refractivity contribution < 1.29 is 18.4 Å². The average Bonchev–Trinajstić information content (AvgIpc) is 1.85. The molecule has 0 aromatic heterocycles. The van der Waals surface area contributed by atoms with Crippen LogP contribution in [-0.2, 0) is 9.59 Å². The fraction of sp³-hybridized carbons (Fsp3) is 0.714. The summed E-state index contributed by atoms with van der Waals surface area (Å²) in [5.41, 5.74) is 0. The number of halogens is 2. The molecular formula is C7H8F2O2. The van der Waals surface area contributed by atoms with Crippen molar-refractivity contribution in [2.45, 2.75) is 25.7 Å². The summed E-state index contributed by atoms with van der Waals surface area (Å²) in [6.45, 7) is 0. The molecule has 0 radical (unpaired) electrons. The van der Waals surface area contributed by atoms with Crippen LogP contribution in [0.5, 0.6) is 0 Å². The molecule has 0 saturated heterocycles. The first kappa shape index (κ1) is 8.30. The van der Waals surface area contributed by atoms with E-state index in [-0.39, 0.29) is 30.8 Å². The average molecular weight is 162 g/mol. The number of carbonyl (C=O) groups is 2. The molecule has 0 N–H and O–H groups in total. The number of carbonyl (C=O) groups excluding carboxylic acids is 2. The van der Waals surface area contributed by atoms with E-state index >= 15 is 0 Å². The maximum atomic E-state index is 12.0. The SMILES string of the molecule is O=C1CC(=O)CC(C(F)F)C1. The van der Waals surface area contributed by atoms with E-state index in [1.807, 2.05) is 0 Å². The zero-order valence-electron chi connectivity index (χ0n) is 5.85. The number of Topliss-reactive ketones (excluding diaryl/α,β-unsaturated/α-hetero) is 2. The first-order valence-corrected chi connectivity index (χ1v) is 3.41. The van der Waals surface area contributed by atoms with Gasteiger partial charge in [0.1, 0.15) is 11.6 Å². The second kappa shape index (κ2) is 3.07. The summed E-state index contributed by atoms with van der Waals surface area (Å²) in [5, 5.41) is 0. The number of ketones is 2. The van der Waals surface area contributed by atoms with Gasteiger partial charge < -0.3 is 0 Å². The van der Waals surface area contributed by atoms with Gasteiger partial charge in [0.2, 0.25) is 6.43 Å². The van der Waals surface area contributed by atoms with Crippen LogP contribution in [0, 0.1) is 5.92 Å². The molecule has 4 heteroatoms. The lowest BCUT2D eigenvalue weighted by Gasteiger charge is -2.18. The van der Waals surface area contributed by atoms with Crippen LogP contribution in [-0.4, -0.2) is 18.0 Å². The van der Waals surface area contributed by atoms with E-state index in [1.165, 1.54) is 0 Å². The predicted molar refractivity (Wildman–Crippen MR) is 33.4 cm³/mol. The van der Waals surface area contributed by atoms with Gasteiger partial charge >= 0.3 is 0 Å².